The maximum Gasteiger partial charge on any atom is 0.257 e. The van der Waals surface area contributed by atoms with Crippen molar-refractivity contribution in [3.05, 3.63) is 41.2 Å². The van der Waals surface area contributed by atoms with Crippen LogP contribution in [0.1, 0.15) is 37.3 Å². The molecule has 0 N–H and O–H groups in total. The third-order valence-electron chi connectivity index (χ3n) is 5.17. The van der Waals surface area contributed by atoms with Gasteiger partial charge in [0.25, 0.3) is 11.6 Å². The summed E-state index contributed by atoms with van der Waals surface area (Å²) in [5, 5.41) is 14.1. The van der Waals surface area contributed by atoms with Gasteiger partial charge in [-0.3, -0.25) is 0 Å². The number of hydrogen-bond donors (Lipinski definition) is 0. The zero-order valence-corrected chi connectivity index (χ0v) is 15.9. The normalized spacial score (nSPS) is 14.8. The SMILES string of the molecule is COc1cc(Cl)ccc1-c1nnc(-c2cnc3onc(C4CCCC4)c3c2)o1. The number of nitrogens with zero attached hydrogens (tertiary/aromatic N) is 4. The summed E-state index contributed by atoms with van der Waals surface area (Å²) in [5.41, 5.74) is 2.91. The number of pyridine rings is 1. The smallest absolute Gasteiger partial charge is 0.257 e. The lowest BCUT2D eigenvalue weighted by Gasteiger charge is -2.05. The Morgan fingerprint density at radius 2 is 1.93 bits per heavy atom. The second-order valence-corrected chi connectivity index (χ2v) is 7.32. The maximum atomic E-state index is 6.03. The van der Waals surface area contributed by atoms with Crippen molar-refractivity contribution >= 4 is 22.7 Å². The molecule has 1 fully saturated rings. The van der Waals surface area contributed by atoms with E-state index in [1.165, 1.54) is 12.8 Å². The quantitative estimate of drug-likeness (QED) is 0.465. The van der Waals surface area contributed by atoms with Gasteiger partial charge in [0.15, 0.2) is 0 Å². The first-order valence-corrected chi connectivity index (χ1v) is 9.54. The number of halogens is 1. The average Bonchev–Trinajstić information content (AvgIpc) is 3.46. The van der Waals surface area contributed by atoms with E-state index in [1.807, 2.05) is 6.07 Å². The minimum Gasteiger partial charge on any atom is -0.496 e. The van der Waals surface area contributed by atoms with Gasteiger partial charge in [-0.1, -0.05) is 29.6 Å². The molecule has 28 heavy (non-hydrogen) atoms. The molecule has 1 aromatic carbocycles. The number of fused-ring (bicyclic) bond motifs is 1. The van der Waals surface area contributed by atoms with Gasteiger partial charge in [0.05, 0.1) is 29.3 Å². The van der Waals surface area contributed by atoms with Gasteiger partial charge in [0, 0.05) is 17.1 Å². The van der Waals surface area contributed by atoms with E-state index in [4.69, 9.17) is 25.3 Å². The van der Waals surface area contributed by atoms with Crippen molar-refractivity contribution in [3.8, 4) is 28.7 Å². The molecule has 0 saturated heterocycles. The lowest BCUT2D eigenvalue weighted by molar-refractivity contribution is 0.414. The largest absolute Gasteiger partial charge is 0.496 e. The summed E-state index contributed by atoms with van der Waals surface area (Å²) >= 11 is 6.03. The number of hydrogen-bond acceptors (Lipinski definition) is 7. The van der Waals surface area contributed by atoms with Crippen molar-refractivity contribution in [2.75, 3.05) is 7.11 Å². The standard InChI is InChI=1S/C20H17ClN4O3/c1-26-16-9-13(21)6-7-14(16)20-24-23-18(27-20)12-8-15-17(11-4-2-3-5-11)25-28-19(15)22-10-12/h6-11H,2-5H2,1H3. The van der Waals surface area contributed by atoms with Crippen LogP contribution in [0.25, 0.3) is 34.0 Å². The van der Waals surface area contributed by atoms with Crippen molar-refractivity contribution < 1.29 is 13.7 Å². The summed E-state index contributed by atoms with van der Waals surface area (Å²) in [4.78, 5) is 4.38. The number of benzene rings is 1. The van der Waals surface area contributed by atoms with Crippen molar-refractivity contribution in [2.24, 2.45) is 0 Å². The number of ether oxygens (including phenoxy) is 1. The molecule has 1 saturated carbocycles. The van der Waals surface area contributed by atoms with Crippen molar-refractivity contribution in [3.63, 3.8) is 0 Å². The molecule has 4 aromatic rings. The molecule has 0 unspecified atom stereocenters. The molecule has 3 heterocycles. The predicted octanol–water partition coefficient (Wildman–Crippen LogP) is 5.26. The molecule has 0 spiro atoms. The van der Waals surface area contributed by atoms with Gasteiger partial charge < -0.3 is 13.7 Å². The fourth-order valence-electron chi connectivity index (χ4n) is 3.75. The van der Waals surface area contributed by atoms with Crippen LogP contribution in [0, 0.1) is 0 Å². The van der Waals surface area contributed by atoms with E-state index in [9.17, 15) is 0 Å². The molecule has 0 amide bonds. The van der Waals surface area contributed by atoms with Gasteiger partial charge in [-0.25, -0.2) is 4.98 Å². The zero-order valence-electron chi connectivity index (χ0n) is 15.2. The lowest BCUT2D eigenvalue weighted by atomic mass is 10.0. The third-order valence-corrected chi connectivity index (χ3v) is 5.40. The topological polar surface area (TPSA) is 87.1 Å². The summed E-state index contributed by atoms with van der Waals surface area (Å²) in [5.74, 6) is 1.72. The van der Waals surface area contributed by atoms with E-state index in [1.54, 1.807) is 31.5 Å². The average molecular weight is 397 g/mol. The van der Waals surface area contributed by atoms with Gasteiger partial charge in [-0.05, 0) is 37.1 Å². The molecule has 0 bridgehead atoms. The van der Waals surface area contributed by atoms with Crippen molar-refractivity contribution in [1.82, 2.24) is 20.3 Å². The van der Waals surface area contributed by atoms with Gasteiger partial charge in [0.2, 0.25) is 5.89 Å². The molecule has 7 nitrogen and oxygen atoms in total. The highest BCUT2D eigenvalue weighted by atomic mass is 35.5. The molecule has 0 aliphatic heterocycles. The maximum absolute atomic E-state index is 6.03. The van der Waals surface area contributed by atoms with Crippen molar-refractivity contribution in [2.45, 2.75) is 31.6 Å². The lowest BCUT2D eigenvalue weighted by Crippen LogP contribution is -1.93. The van der Waals surface area contributed by atoms with Gasteiger partial charge in [-0.15, -0.1) is 10.2 Å². The third kappa shape index (κ3) is 2.92. The van der Waals surface area contributed by atoms with E-state index >= 15 is 0 Å². The second kappa shape index (κ2) is 6.91. The molecule has 142 valence electrons. The Kier molecular flexibility index (Phi) is 4.24. The summed E-state index contributed by atoms with van der Waals surface area (Å²) in [7, 11) is 1.57. The first-order chi connectivity index (χ1) is 13.7. The van der Waals surface area contributed by atoms with Crippen LogP contribution in [0.15, 0.2) is 39.4 Å². The highest BCUT2D eigenvalue weighted by molar-refractivity contribution is 6.30. The molecule has 1 aliphatic carbocycles. The molecular weight excluding hydrogens is 380 g/mol. The van der Waals surface area contributed by atoms with Crippen molar-refractivity contribution in [1.29, 1.82) is 0 Å². The fourth-order valence-corrected chi connectivity index (χ4v) is 3.91. The Bertz CT molecular complexity index is 1150. The Morgan fingerprint density at radius 3 is 2.75 bits per heavy atom. The van der Waals surface area contributed by atoms with Crippen LogP contribution in [-0.4, -0.2) is 27.4 Å². The minimum absolute atomic E-state index is 0.352. The first-order valence-electron chi connectivity index (χ1n) is 9.16. The Balaban J connectivity index is 1.53. The van der Waals surface area contributed by atoms with E-state index in [-0.39, 0.29) is 0 Å². The van der Waals surface area contributed by atoms with Crippen LogP contribution in [0.3, 0.4) is 0 Å². The number of aromatic nitrogens is 4. The van der Waals surface area contributed by atoms with Gasteiger partial charge in [0.1, 0.15) is 5.75 Å². The Hall–Kier alpha value is -2.93. The van der Waals surface area contributed by atoms with Crippen LogP contribution in [-0.2, 0) is 0 Å². The molecule has 3 aromatic heterocycles. The second-order valence-electron chi connectivity index (χ2n) is 6.88. The van der Waals surface area contributed by atoms with E-state index in [2.05, 4.69) is 20.3 Å². The van der Waals surface area contributed by atoms with Crippen LogP contribution in [0.5, 0.6) is 5.75 Å². The first kappa shape index (κ1) is 17.2. The van der Waals surface area contributed by atoms with E-state index in [0.29, 0.717) is 39.7 Å². The van der Waals surface area contributed by atoms with Crippen LogP contribution in [0.2, 0.25) is 5.02 Å². The highest BCUT2D eigenvalue weighted by Gasteiger charge is 2.24. The summed E-state index contributed by atoms with van der Waals surface area (Å²) in [6.45, 7) is 0. The van der Waals surface area contributed by atoms with Crippen LogP contribution >= 0.6 is 11.6 Å². The molecule has 0 radical (unpaired) electrons. The minimum atomic E-state index is 0.352. The molecule has 8 heteroatoms. The van der Waals surface area contributed by atoms with Crippen LogP contribution < -0.4 is 4.74 Å². The van der Waals surface area contributed by atoms with Gasteiger partial charge in [-0.2, -0.15) is 0 Å². The predicted molar refractivity (Wildman–Crippen MR) is 103 cm³/mol. The molecular formula is C20H17ClN4O3. The monoisotopic (exact) mass is 396 g/mol. The summed E-state index contributed by atoms with van der Waals surface area (Å²) < 4.78 is 16.7. The fraction of sp³-hybridized carbons (Fsp3) is 0.300. The Morgan fingerprint density at radius 1 is 1.11 bits per heavy atom. The molecule has 0 atom stereocenters. The summed E-state index contributed by atoms with van der Waals surface area (Å²) in [6, 6.07) is 7.21. The zero-order chi connectivity index (χ0) is 19.1. The van der Waals surface area contributed by atoms with Gasteiger partial charge >= 0.3 is 0 Å². The van der Waals surface area contributed by atoms with E-state index < -0.39 is 0 Å². The highest BCUT2D eigenvalue weighted by Crippen LogP contribution is 2.38. The molecule has 5 rings (SSSR count). The van der Waals surface area contributed by atoms with Crippen LogP contribution in [0.4, 0.5) is 0 Å². The molecule has 1 aliphatic rings. The number of methoxy groups -OCH3 is 1. The number of rotatable bonds is 4. The summed E-state index contributed by atoms with van der Waals surface area (Å²) in [6.07, 6.45) is 6.37. The van der Waals surface area contributed by atoms with E-state index in [0.717, 1.165) is 29.5 Å². The Labute approximate surface area is 165 Å².